The minimum Gasteiger partial charge on any atom is -0.744 e. The first-order valence-corrected chi connectivity index (χ1v) is 44.8. The van der Waals surface area contributed by atoms with Crippen LogP contribution in [0.3, 0.4) is 0 Å². The van der Waals surface area contributed by atoms with E-state index in [2.05, 4.69) is 39.8 Å². The Morgan fingerprint density at radius 1 is 0.227 bits per heavy atom. The van der Waals surface area contributed by atoms with Crippen LogP contribution >= 0.6 is 0 Å². The fraction of sp³-hybridized carbons (Fsp3) is 0.773. The third kappa shape index (κ3) is 46.3. The van der Waals surface area contributed by atoms with Gasteiger partial charge >= 0.3 is 48.9 Å². The van der Waals surface area contributed by atoms with Crippen LogP contribution in [0.2, 0.25) is 0 Å². The van der Waals surface area contributed by atoms with Gasteiger partial charge in [0, 0.05) is 0 Å². The first-order valence-electron chi connectivity index (χ1n) is 42.0. The van der Waals surface area contributed by atoms with Crippen molar-refractivity contribution in [3.63, 3.8) is 0 Å². The monoisotopic (exact) mass is 1500 g/mol. The number of aryl methyl sites for hydroxylation is 4. The van der Waals surface area contributed by atoms with Crippen LogP contribution in [-0.2, 0) is 45.9 Å². The molecule has 0 radical (unpaired) electrons. The van der Waals surface area contributed by atoms with Crippen molar-refractivity contribution in [1.82, 2.24) is 0 Å². The third-order valence-corrected chi connectivity index (χ3v) is 22.9. The van der Waals surface area contributed by atoms with Gasteiger partial charge in [-0.3, -0.25) is 0 Å². The maximum Gasteiger partial charge on any atom is 2.00 e. The zero-order valence-corrected chi connectivity index (χ0v) is 70.1. The number of hydrogen-bond acceptors (Lipinski definition) is 6. The van der Waals surface area contributed by atoms with Crippen LogP contribution in [0.15, 0.2) is 70.5 Å². The number of unbranched alkanes of at least 4 members (excludes halogenated alkanes) is 56. The summed E-state index contributed by atoms with van der Waals surface area (Å²) < 4.78 is 74.8. The molecule has 0 aliphatic rings. The Bertz CT molecular complexity index is 2500. The molecule has 0 aromatic heterocycles. The topological polar surface area (TPSA) is 114 Å². The molecule has 4 aromatic carbocycles. The third-order valence-electron chi connectivity index (χ3n) is 21.1. The molecule has 0 saturated carbocycles. The summed E-state index contributed by atoms with van der Waals surface area (Å²) in [5, 5.41) is 4.20. The van der Waals surface area contributed by atoms with Crippen molar-refractivity contribution in [1.29, 1.82) is 0 Å². The molecule has 4 rings (SSSR count). The molecule has 6 nitrogen and oxygen atoms in total. The molecule has 0 amide bonds. The van der Waals surface area contributed by atoms with E-state index in [4.69, 9.17) is 0 Å². The molecule has 97 heavy (non-hydrogen) atoms. The standard InChI is InChI=1S/2C44H76O3S.Ba/c2*1-3-5-7-9-11-13-15-17-19-21-23-25-27-29-31-35-40-39-44(48(45,46)47)43(42-37-34-33-36-41(40)42)38-32-30-28-26-24-22-20-18-16-14-12-10-8-6-4-2;/h2*33-34,36-37,39H,3-32,35,38H2,1-2H3,(H,45,46,47);/q;;+2/p-2. The summed E-state index contributed by atoms with van der Waals surface area (Å²) in [6, 6.07) is 19.8. The summed E-state index contributed by atoms with van der Waals surface area (Å²) in [6.45, 7) is 9.11. The molecule has 0 bridgehead atoms. The van der Waals surface area contributed by atoms with Crippen LogP contribution in [0.25, 0.3) is 21.5 Å². The molecule has 552 valence electrons. The van der Waals surface area contributed by atoms with E-state index in [0.29, 0.717) is 12.8 Å². The van der Waals surface area contributed by atoms with Gasteiger partial charge in [0.25, 0.3) is 0 Å². The average molecular weight is 1510 g/mol. The van der Waals surface area contributed by atoms with Crippen LogP contribution in [0.4, 0.5) is 0 Å². The van der Waals surface area contributed by atoms with Crippen LogP contribution in [0, 0.1) is 0 Å². The van der Waals surface area contributed by atoms with Gasteiger partial charge in [-0.25, -0.2) is 16.8 Å². The molecular weight excluding hydrogens is 1350 g/mol. The molecule has 0 fully saturated rings. The second-order valence-corrected chi connectivity index (χ2v) is 32.5. The average Bonchev–Trinajstić information content (AvgIpc) is 0.780. The number of fused-ring (bicyclic) bond motifs is 2. The molecule has 9 heteroatoms. The Balaban J connectivity index is 0.000000653. The van der Waals surface area contributed by atoms with E-state index in [1.54, 1.807) is 12.1 Å². The Hall–Kier alpha value is -1.21. The maximum absolute atomic E-state index is 12.5. The normalized spacial score (nSPS) is 11.9. The molecule has 0 aliphatic heterocycles. The molecule has 0 N–H and O–H groups in total. The second kappa shape index (κ2) is 63.3. The molecule has 0 heterocycles. The van der Waals surface area contributed by atoms with E-state index in [1.165, 1.54) is 334 Å². The van der Waals surface area contributed by atoms with Crippen molar-refractivity contribution in [2.24, 2.45) is 0 Å². The van der Waals surface area contributed by atoms with Crippen molar-refractivity contribution < 1.29 is 25.9 Å². The molecular formula is C88H150BaO6S2. The minimum atomic E-state index is -4.53. The summed E-state index contributed by atoms with van der Waals surface area (Å²) in [4.78, 5) is 0.0602. The van der Waals surface area contributed by atoms with Gasteiger partial charge < -0.3 is 9.11 Å². The van der Waals surface area contributed by atoms with Crippen molar-refractivity contribution in [2.45, 2.75) is 448 Å². The Morgan fingerprint density at radius 3 is 0.557 bits per heavy atom. The second-order valence-electron chi connectivity index (χ2n) is 29.8. The fourth-order valence-corrected chi connectivity index (χ4v) is 16.7. The molecule has 0 aliphatic carbocycles. The van der Waals surface area contributed by atoms with Gasteiger partial charge in [0.05, 0.1) is 9.79 Å². The number of rotatable bonds is 66. The van der Waals surface area contributed by atoms with E-state index in [0.717, 1.165) is 108 Å². The summed E-state index contributed by atoms with van der Waals surface area (Å²) in [5.41, 5.74) is 3.54. The van der Waals surface area contributed by atoms with Crippen LogP contribution in [0.5, 0.6) is 0 Å². The Morgan fingerprint density at radius 2 is 0.381 bits per heavy atom. The van der Waals surface area contributed by atoms with Gasteiger partial charge in [0.1, 0.15) is 20.2 Å². The van der Waals surface area contributed by atoms with E-state index in [-0.39, 0.29) is 58.7 Å². The van der Waals surface area contributed by atoms with Crippen LogP contribution < -0.4 is 0 Å². The first-order chi connectivity index (χ1) is 47.0. The van der Waals surface area contributed by atoms with E-state index in [1.807, 2.05) is 36.4 Å². The number of benzene rings is 4. The summed E-state index contributed by atoms with van der Waals surface area (Å²) >= 11 is 0. The predicted octanol–water partition coefficient (Wildman–Crippen LogP) is 28.8. The quantitative estimate of drug-likeness (QED) is 0.0247. The van der Waals surface area contributed by atoms with Crippen molar-refractivity contribution >= 4 is 90.7 Å². The van der Waals surface area contributed by atoms with Crippen molar-refractivity contribution in [2.75, 3.05) is 0 Å². The molecule has 4 aromatic rings. The van der Waals surface area contributed by atoms with Crippen molar-refractivity contribution in [3.8, 4) is 0 Å². The van der Waals surface area contributed by atoms with Gasteiger partial charge in [-0.05, 0) is 107 Å². The van der Waals surface area contributed by atoms with E-state index in [9.17, 15) is 25.9 Å². The zero-order chi connectivity index (χ0) is 69.1. The van der Waals surface area contributed by atoms with Gasteiger partial charge in [0.2, 0.25) is 0 Å². The van der Waals surface area contributed by atoms with Crippen LogP contribution in [-0.4, -0.2) is 74.8 Å². The smallest absolute Gasteiger partial charge is 0.744 e. The minimum absolute atomic E-state index is 0. The van der Waals surface area contributed by atoms with Gasteiger partial charge in [0.15, 0.2) is 0 Å². The largest absolute Gasteiger partial charge is 2.00 e. The first kappa shape index (κ1) is 91.9. The van der Waals surface area contributed by atoms with E-state index >= 15 is 0 Å². The molecule has 0 unspecified atom stereocenters. The van der Waals surface area contributed by atoms with Crippen LogP contribution in [0.1, 0.15) is 435 Å². The maximum atomic E-state index is 12.5. The van der Waals surface area contributed by atoms with Gasteiger partial charge in [-0.15, -0.1) is 0 Å². The summed E-state index contributed by atoms with van der Waals surface area (Å²) in [5.74, 6) is 0. The molecule has 0 saturated heterocycles. The van der Waals surface area contributed by atoms with Gasteiger partial charge in [-0.1, -0.05) is 436 Å². The molecule has 0 spiro atoms. The fourth-order valence-electron chi connectivity index (χ4n) is 15.1. The Labute approximate surface area is 642 Å². The van der Waals surface area contributed by atoms with E-state index < -0.39 is 20.2 Å². The van der Waals surface area contributed by atoms with Crippen molar-refractivity contribution in [3.05, 3.63) is 82.9 Å². The summed E-state index contributed by atoms with van der Waals surface area (Å²) in [7, 11) is -9.06. The Kier molecular flexibility index (Phi) is 59.9. The summed E-state index contributed by atoms with van der Waals surface area (Å²) in [6.07, 6.45) is 82.0. The zero-order valence-electron chi connectivity index (χ0n) is 64.0. The number of hydrogen-bond donors (Lipinski definition) is 0. The predicted molar refractivity (Wildman–Crippen MR) is 424 cm³/mol. The SMILES string of the molecule is CCCCCCCCCCCCCCCCCc1cc(S(=O)(=O)[O-])c(CCCCCCCCCCCCCCCCC)c2ccccc12.CCCCCCCCCCCCCCCCCc1cc(S(=O)(=O)[O-])c(CCCCCCCCCCCCCCCCC)c2ccccc12.[Ba+2]. The van der Waals surface area contributed by atoms with Gasteiger partial charge in [-0.2, -0.15) is 0 Å². The molecule has 0 atom stereocenters.